The highest BCUT2D eigenvalue weighted by atomic mass is 16.5. The Labute approximate surface area is 254 Å². The number of nitrogens with one attached hydrogen (secondary N) is 2. The molecule has 4 heterocycles. The summed E-state index contributed by atoms with van der Waals surface area (Å²) in [5.74, 6) is 1.05. The average molecular weight is 586 g/mol. The van der Waals surface area contributed by atoms with Gasteiger partial charge in [-0.3, -0.25) is 19.2 Å². The summed E-state index contributed by atoms with van der Waals surface area (Å²) in [4.78, 5) is 33.2. The first-order chi connectivity index (χ1) is 21.0. The fraction of sp³-hybridized carbons (Fsp3) is 0.485. The summed E-state index contributed by atoms with van der Waals surface area (Å²) in [6.45, 7) is 9.83. The number of piperidine rings is 1. The van der Waals surface area contributed by atoms with E-state index in [4.69, 9.17) is 4.74 Å². The van der Waals surface area contributed by atoms with Crippen LogP contribution in [0.3, 0.4) is 0 Å². The van der Waals surface area contributed by atoms with Gasteiger partial charge in [-0.1, -0.05) is 18.2 Å². The fourth-order valence-corrected chi connectivity index (χ4v) is 6.39. The Balaban J connectivity index is 1.02. The lowest BCUT2D eigenvalue weighted by Gasteiger charge is -2.33. The van der Waals surface area contributed by atoms with Crippen LogP contribution in [0.25, 0.3) is 0 Å². The minimum Gasteiger partial charge on any atom is -0.379 e. The van der Waals surface area contributed by atoms with E-state index in [9.17, 15) is 9.59 Å². The second kappa shape index (κ2) is 13.3. The molecule has 0 unspecified atom stereocenters. The van der Waals surface area contributed by atoms with E-state index in [2.05, 4.69) is 20.6 Å². The zero-order valence-corrected chi connectivity index (χ0v) is 25.3. The van der Waals surface area contributed by atoms with Gasteiger partial charge in [0.25, 0.3) is 5.91 Å². The molecule has 3 aliphatic heterocycles. The van der Waals surface area contributed by atoms with Crippen LogP contribution in [0.4, 0.5) is 17.2 Å². The van der Waals surface area contributed by atoms with Crippen LogP contribution in [0, 0.1) is 6.92 Å². The molecule has 2 N–H and O–H groups in total. The van der Waals surface area contributed by atoms with Crippen LogP contribution in [0.1, 0.15) is 46.3 Å². The molecule has 0 bridgehead atoms. The van der Waals surface area contributed by atoms with E-state index in [1.165, 1.54) is 0 Å². The summed E-state index contributed by atoms with van der Waals surface area (Å²) >= 11 is 0. The highest BCUT2D eigenvalue weighted by molar-refractivity contribution is 6.08. The molecule has 2 aromatic carbocycles. The molecule has 228 valence electrons. The maximum absolute atomic E-state index is 13.8. The number of aromatic nitrogens is 2. The van der Waals surface area contributed by atoms with E-state index in [-0.39, 0.29) is 11.8 Å². The monoisotopic (exact) mass is 585 g/mol. The third-order valence-electron chi connectivity index (χ3n) is 9.05. The number of hydrogen-bond donors (Lipinski definition) is 2. The van der Waals surface area contributed by atoms with Crippen LogP contribution in [0.5, 0.6) is 0 Å². The number of ether oxygens (including phenoxy) is 1. The SMILES string of the molecule is Cc1cc(C(=O)N2Cc3cnn(C)c3Nc3ccccc32)ccc1CCC(=O)N1CCC(NCCN2CCOCC2)CC1. The van der Waals surface area contributed by atoms with Crippen LogP contribution in [0.15, 0.2) is 48.7 Å². The van der Waals surface area contributed by atoms with E-state index >= 15 is 0 Å². The number of aryl methyl sites for hydroxylation is 3. The van der Waals surface area contributed by atoms with E-state index in [0.717, 1.165) is 99.2 Å². The third-order valence-corrected chi connectivity index (χ3v) is 9.05. The molecular formula is C33H43N7O3. The number of fused-ring (bicyclic) bond motifs is 2. The molecule has 0 aliphatic carbocycles. The zero-order valence-electron chi connectivity index (χ0n) is 25.3. The third kappa shape index (κ3) is 6.76. The van der Waals surface area contributed by atoms with E-state index in [0.29, 0.717) is 31.0 Å². The molecule has 0 saturated carbocycles. The van der Waals surface area contributed by atoms with E-state index < -0.39 is 0 Å². The first-order valence-corrected chi connectivity index (χ1v) is 15.6. The lowest BCUT2D eigenvalue weighted by atomic mass is 9.99. The Hall–Kier alpha value is -3.73. The van der Waals surface area contributed by atoms with Gasteiger partial charge in [0, 0.05) is 69.9 Å². The minimum atomic E-state index is -0.0573. The fourth-order valence-electron chi connectivity index (χ4n) is 6.39. The van der Waals surface area contributed by atoms with E-state index in [1.807, 2.05) is 72.4 Å². The Morgan fingerprint density at radius 3 is 2.65 bits per heavy atom. The average Bonchev–Trinajstić information content (AvgIpc) is 3.28. The lowest BCUT2D eigenvalue weighted by molar-refractivity contribution is -0.132. The first-order valence-electron chi connectivity index (χ1n) is 15.6. The van der Waals surface area contributed by atoms with Gasteiger partial charge in [-0.25, -0.2) is 0 Å². The molecule has 10 nitrogen and oxygen atoms in total. The standard InChI is InChI=1S/C33H43N7O3/c1-24-21-26(33(42)40-23-27-22-35-37(2)32(27)36-29-5-3-4-6-30(29)40)8-7-25(24)9-10-31(41)39-14-11-28(12-15-39)34-13-16-38-17-19-43-20-18-38/h3-8,21-22,28,34,36H,9-20,23H2,1-2H3. The summed E-state index contributed by atoms with van der Waals surface area (Å²) in [6.07, 6.45) is 4.97. The van der Waals surface area contributed by atoms with Gasteiger partial charge in [0.2, 0.25) is 5.91 Å². The van der Waals surface area contributed by atoms with Crippen molar-refractivity contribution in [1.82, 2.24) is 24.9 Å². The Morgan fingerprint density at radius 2 is 1.86 bits per heavy atom. The maximum atomic E-state index is 13.8. The van der Waals surface area contributed by atoms with Crippen molar-refractivity contribution >= 4 is 29.0 Å². The molecule has 10 heteroatoms. The minimum absolute atomic E-state index is 0.0573. The summed E-state index contributed by atoms with van der Waals surface area (Å²) in [7, 11) is 1.90. The summed E-state index contributed by atoms with van der Waals surface area (Å²) in [5, 5.41) is 11.5. The number of para-hydroxylation sites is 2. The van der Waals surface area contributed by atoms with Crippen LogP contribution in [0.2, 0.25) is 0 Å². The van der Waals surface area contributed by atoms with Gasteiger partial charge in [0.1, 0.15) is 5.82 Å². The van der Waals surface area contributed by atoms with Crippen molar-refractivity contribution in [3.8, 4) is 0 Å². The number of rotatable bonds is 8. The molecule has 0 spiro atoms. The predicted octanol–water partition coefficient (Wildman–Crippen LogP) is 3.48. The van der Waals surface area contributed by atoms with Gasteiger partial charge in [0.15, 0.2) is 0 Å². The van der Waals surface area contributed by atoms with Crippen LogP contribution < -0.4 is 15.5 Å². The van der Waals surface area contributed by atoms with Gasteiger partial charge < -0.3 is 25.2 Å². The highest BCUT2D eigenvalue weighted by Crippen LogP contribution is 2.36. The van der Waals surface area contributed by atoms with Crippen molar-refractivity contribution in [3.05, 3.63) is 70.9 Å². The van der Waals surface area contributed by atoms with Crippen molar-refractivity contribution in [2.45, 2.75) is 45.2 Å². The molecule has 2 saturated heterocycles. The van der Waals surface area contributed by atoms with Gasteiger partial charge in [-0.15, -0.1) is 0 Å². The molecule has 0 radical (unpaired) electrons. The van der Waals surface area contributed by atoms with Gasteiger partial charge in [0.05, 0.1) is 37.3 Å². The van der Waals surface area contributed by atoms with Crippen LogP contribution in [-0.4, -0.2) is 89.9 Å². The number of hydrogen-bond acceptors (Lipinski definition) is 7. The second-order valence-electron chi connectivity index (χ2n) is 11.9. The number of amides is 2. The first kappa shape index (κ1) is 29.3. The van der Waals surface area contributed by atoms with Crippen LogP contribution in [-0.2, 0) is 29.5 Å². The normalized spacial score (nSPS) is 17.6. The van der Waals surface area contributed by atoms with Crippen molar-refractivity contribution < 1.29 is 14.3 Å². The molecule has 6 rings (SSSR count). The Bertz CT molecular complexity index is 1440. The van der Waals surface area contributed by atoms with Gasteiger partial charge >= 0.3 is 0 Å². The molecule has 43 heavy (non-hydrogen) atoms. The maximum Gasteiger partial charge on any atom is 0.258 e. The van der Waals surface area contributed by atoms with Crippen molar-refractivity contribution in [2.24, 2.45) is 7.05 Å². The number of carbonyl (C=O) groups excluding carboxylic acids is 2. The number of anilines is 3. The number of morpholine rings is 1. The molecule has 3 aromatic rings. The molecule has 3 aliphatic rings. The summed E-state index contributed by atoms with van der Waals surface area (Å²) < 4.78 is 7.23. The lowest BCUT2D eigenvalue weighted by Crippen LogP contribution is -2.47. The van der Waals surface area contributed by atoms with Crippen LogP contribution >= 0.6 is 0 Å². The Kier molecular flexibility index (Phi) is 9.06. The number of likely N-dealkylation sites (tertiary alicyclic amines) is 1. The van der Waals surface area contributed by atoms with Crippen molar-refractivity contribution in [3.63, 3.8) is 0 Å². The van der Waals surface area contributed by atoms with E-state index in [1.54, 1.807) is 4.68 Å². The second-order valence-corrected chi connectivity index (χ2v) is 11.9. The highest BCUT2D eigenvalue weighted by Gasteiger charge is 2.27. The number of nitrogens with zero attached hydrogens (tertiary/aromatic N) is 5. The largest absolute Gasteiger partial charge is 0.379 e. The smallest absolute Gasteiger partial charge is 0.258 e. The molecule has 2 fully saturated rings. The van der Waals surface area contributed by atoms with Crippen molar-refractivity contribution in [2.75, 3.05) is 62.7 Å². The van der Waals surface area contributed by atoms with Crippen molar-refractivity contribution in [1.29, 1.82) is 0 Å². The molecule has 0 atom stereocenters. The van der Waals surface area contributed by atoms with Gasteiger partial charge in [-0.05, 0) is 61.6 Å². The molecular weight excluding hydrogens is 542 g/mol. The molecule has 1 aromatic heterocycles. The topological polar surface area (TPSA) is 95.0 Å². The number of carbonyl (C=O) groups is 2. The predicted molar refractivity (Wildman–Crippen MR) is 168 cm³/mol. The zero-order chi connectivity index (χ0) is 29.8. The Morgan fingerprint density at radius 1 is 1.07 bits per heavy atom. The quantitative estimate of drug-likeness (QED) is 0.418. The van der Waals surface area contributed by atoms with Gasteiger partial charge in [-0.2, -0.15) is 5.10 Å². The summed E-state index contributed by atoms with van der Waals surface area (Å²) in [5.41, 5.74) is 5.46. The molecule has 2 amide bonds. The number of benzene rings is 2. The summed E-state index contributed by atoms with van der Waals surface area (Å²) in [6, 6.07) is 14.2.